The van der Waals surface area contributed by atoms with Gasteiger partial charge in [0.05, 0.1) is 18.6 Å². The number of ether oxygens (including phenoxy) is 1. The molecule has 8 nitrogen and oxygen atoms in total. The number of sulfonamides is 1. The smallest absolute Gasteiger partial charge is 0.263 e. The molecule has 0 aliphatic heterocycles. The summed E-state index contributed by atoms with van der Waals surface area (Å²) >= 11 is 0. The SMILES string of the molecule is COc1cc(Cn2cccn2)cc2onc(NS(=O)(=O)c3ccc(C)c(C)c3)c12. The van der Waals surface area contributed by atoms with Crippen molar-refractivity contribution in [3.8, 4) is 5.75 Å². The van der Waals surface area contributed by atoms with Crippen LogP contribution in [-0.4, -0.2) is 30.5 Å². The van der Waals surface area contributed by atoms with E-state index in [-0.39, 0.29) is 10.7 Å². The molecule has 0 radical (unpaired) electrons. The van der Waals surface area contributed by atoms with Crippen LogP contribution in [0, 0.1) is 13.8 Å². The molecule has 4 aromatic rings. The van der Waals surface area contributed by atoms with Gasteiger partial charge in [-0.25, -0.2) is 8.42 Å². The van der Waals surface area contributed by atoms with Crippen LogP contribution < -0.4 is 9.46 Å². The second-order valence-corrected chi connectivity index (χ2v) is 8.44. The molecule has 4 rings (SSSR count). The van der Waals surface area contributed by atoms with Crippen molar-refractivity contribution in [3.63, 3.8) is 0 Å². The molecular formula is C20H20N4O4S. The molecule has 2 aromatic carbocycles. The van der Waals surface area contributed by atoms with Crippen molar-refractivity contribution < 1.29 is 17.7 Å². The molecule has 0 amide bonds. The molecule has 0 saturated carbocycles. The van der Waals surface area contributed by atoms with E-state index < -0.39 is 10.0 Å². The molecule has 0 aliphatic rings. The van der Waals surface area contributed by atoms with E-state index in [4.69, 9.17) is 9.26 Å². The van der Waals surface area contributed by atoms with Gasteiger partial charge < -0.3 is 9.26 Å². The van der Waals surface area contributed by atoms with E-state index in [1.807, 2.05) is 32.2 Å². The maximum Gasteiger partial charge on any atom is 0.263 e. The summed E-state index contributed by atoms with van der Waals surface area (Å²) in [6.07, 6.45) is 3.55. The third-order valence-electron chi connectivity index (χ3n) is 4.74. The molecule has 0 fully saturated rings. The van der Waals surface area contributed by atoms with Gasteiger partial charge in [-0.15, -0.1) is 0 Å². The Morgan fingerprint density at radius 2 is 2.00 bits per heavy atom. The second kappa shape index (κ2) is 7.25. The predicted octanol–water partition coefficient (Wildman–Crippen LogP) is 3.50. The lowest BCUT2D eigenvalue weighted by Crippen LogP contribution is -2.13. The highest BCUT2D eigenvalue weighted by atomic mass is 32.2. The standard InChI is InChI=1S/C20H20N4O4S/c1-13-5-6-16(9-14(13)2)29(25,26)23-20-19-17(27-3)10-15(11-18(19)28-22-20)12-24-8-4-7-21-24/h4-11H,12H2,1-3H3,(H,22,23). The summed E-state index contributed by atoms with van der Waals surface area (Å²) in [5, 5.41) is 8.57. The first kappa shape index (κ1) is 19.0. The molecule has 0 saturated heterocycles. The van der Waals surface area contributed by atoms with Crippen molar-refractivity contribution >= 4 is 26.8 Å². The van der Waals surface area contributed by atoms with Crippen LogP contribution in [0.25, 0.3) is 11.0 Å². The van der Waals surface area contributed by atoms with Gasteiger partial charge in [-0.1, -0.05) is 11.2 Å². The minimum atomic E-state index is -3.83. The summed E-state index contributed by atoms with van der Waals surface area (Å²) in [5.41, 5.74) is 3.21. The lowest BCUT2D eigenvalue weighted by molar-refractivity contribution is 0.418. The fourth-order valence-electron chi connectivity index (χ4n) is 3.06. The Bertz CT molecular complexity index is 1280. The number of benzene rings is 2. The van der Waals surface area contributed by atoms with Crippen molar-refractivity contribution in [1.82, 2.24) is 14.9 Å². The minimum Gasteiger partial charge on any atom is -0.496 e. The maximum atomic E-state index is 12.8. The second-order valence-electron chi connectivity index (χ2n) is 6.76. The van der Waals surface area contributed by atoms with Crippen molar-refractivity contribution in [2.24, 2.45) is 0 Å². The molecule has 1 N–H and O–H groups in total. The summed E-state index contributed by atoms with van der Waals surface area (Å²) in [5.74, 6) is 0.546. The van der Waals surface area contributed by atoms with E-state index in [2.05, 4.69) is 15.0 Å². The van der Waals surface area contributed by atoms with Crippen LogP contribution in [0.2, 0.25) is 0 Å². The van der Waals surface area contributed by atoms with Gasteiger partial charge in [-0.05, 0) is 60.9 Å². The molecule has 0 spiro atoms. The van der Waals surface area contributed by atoms with E-state index in [1.54, 1.807) is 35.1 Å². The fourth-order valence-corrected chi connectivity index (χ4v) is 4.15. The van der Waals surface area contributed by atoms with Crippen LogP contribution in [0.15, 0.2) is 58.2 Å². The zero-order valence-electron chi connectivity index (χ0n) is 16.2. The van der Waals surface area contributed by atoms with Gasteiger partial charge in [0.1, 0.15) is 11.1 Å². The Labute approximate surface area is 168 Å². The summed E-state index contributed by atoms with van der Waals surface area (Å²) < 4.78 is 40.8. The van der Waals surface area contributed by atoms with Crippen LogP contribution in [-0.2, 0) is 16.6 Å². The van der Waals surface area contributed by atoms with E-state index in [0.717, 1.165) is 16.7 Å². The maximum absolute atomic E-state index is 12.8. The molecule has 9 heteroatoms. The molecule has 29 heavy (non-hydrogen) atoms. The van der Waals surface area contributed by atoms with Crippen molar-refractivity contribution in [2.45, 2.75) is 25.3 Å². The summed E-state index contributed by atoms with van der Waals surface area (Å²) in [6, 6.07) is 10.4. The number of nitrogens with one attached hydrogen (secondary N) is 1. The van der Waals surface area contributed by atoms with Crippen molar-refractivity contribution in [1.29, 1.82) is 0 Å². The Morgan fingerprint density at radius 3 is 2.69 bits per heavy atom. The first-order valence-corrected chi connectivity index (χ1v) is 10.4. The first-order chi connectivity index (χ1) is 13.9. The summed E-state index contributed by atoms with van der Waals surface area (Å²) in [4.78, 5) is 0.158. The van der Waals surface area contributed by atoms with Crippen LogP contribution in [0.4, 0.5) is 5.82 Å². The van der Waals surface area contributed by atoms with E-state index in [1.165, 1.54) is 7.11 Å². The lowest BCUT2D eigenvalue weighted by Gasteiger charge is -2.10. The number of hydrogen-bond acceptors (Lipinski definition) is 6. The number of methoxy groups -OCH3 is 1. The summed E-state index contributed by atoms with van der Waals surface area (Å²) in [6.45, 7) is 4.31. The molecule has 0 aliphatic carbocycles. The monoisotopic (exact) mass is 412 g/mol. The molecule has 0 bridgehead atoms. The largest absolute Gasteiger partial charge is 0.496 e. The highest BCUT2D eigenvalue weighted by molar-refractivity contribution is 7.92. The highest BCUT2D eigenvalue weighted by Crippen LogP contribution is 2.35. The third-order valence-corrected chi connectivity index (χ3v) is 6.08. The van der Waals surface area contributed by atoms with Gasteiger partial charge in [0, 0.05) is 12.4 Å². The van der Waals surface area contributed by atoms with Gasteiger partial charge in [0.15, 0.2) is 11.4 Å². The van der Waals surface area contributed by atoms with Crippen molar-refractivity contribution in [2.75, 3.05) is 11.8 Å². The predicted molar refractivity (Wildman–Crippen MR) is 109 cm³/mol. The molecular weight excluding hydrogens is 392 g/mol. The number of rotatable bonds is 6. The fraction of sp³-hybridized carbons (Fsp3) is 0.200. The van der Waals surface area contributed by atoms with Gasteiger partial charge in [-0.2, -0.15) is 5.10 Å². The zero-order chi connectivity index (χ0) is 20.6. The minimum absolute atomic E-state index is 0.0840. The first-order valence-electron chi connectivity index (χ1n) is 8.91. The number of hydrogen-bond donors (Lipinski definition) is 1. The highest BCUT2D eigenvalue weighted by Gasteiger charge is 2.22. The zero-order valence-corrected chi connectivity index (χ0v) is 17.0. The van der Waals surface area contributed by atoms with Gasteiger partial charge in [-0.3, -0.25) is 9.40 Å². The molecule has 2 heterocycles. The topological polar surface area (TPSA) is 99.2 Å². The Kier molecular flexibility index (Phi) is 4.75. The number of anilines is 1. The Morgan fingerprint density at radius 1 is 1.17 bits per heavy atom. The normalized spacial score (nSPS) is 11.7. The number of fused-ring (bicyclic) bond motifs is 1. The number of aryl methyl sites for hydroxylation is 2. The van der Waals surface area contributed by atoms with E-state index >= 15 is 0 Å². The van der Waals surface area contributed by atoms with E-state index in [9.17, 15) is 8.42 Å². The average Bonchev–Trinajstić information content (AvgIpc) is 3.33. The quantitative estimate of drug-likeness (QED) is 0.520. The van der Waals surface area contributed by atoms with E-state index in [0.29, 0.717) is 23.3 Å². The lowest BCUT2D eigenvalue weighted by atomic mass is 10.1. The Balaban J connectivity index is 1.71. The molecule has 150 valence electrons. The van der Waals surface area contributed by atoms with Crippen LogP contribution >= 0.6 is 0 Å². The van der Waals surface area contributed by atoms with Gasteiger partial charge in [0.2, 0.25) is 0 Å². The van der Waals surface area contributed by atoms with Crippen molar-refractivity contribution in [3.05, 3.63) is 65.5 Å². The van der Waals surface area contributed by atoms with Crippen LogP contribution in [0.1, 0.15) is 16.7 Å². The number of aromatic nitrogens is 3. The van der Waals surface area contributed by atoms with Crippen LogP contribution in [0.5, 0.6) is 5.75 Å². The molecule has 0 unspecified atom stereocenters. The third kappa shape index (κ3) is 3.68. The summed E-state index contributed by atoms with van der Waals surface area (Å²) in [7, 11) is -2.32. The average molecular weight is 412 g/mol. The molecule has 0 atom stereocenters. The molecule has 2 aromatic heterocycles. The van der Waals surface area contributed by atoms with Gasteiger partial charge in [0.25, 0.3) is 10.0 Å². The Hall–Kier alpha value is -3.33. The number of nitrogens with zero attached hydrogens (tertiary/aromatic N) is 3. The van der Waals surface area contributed by atoms with Crippen LogP contribution in [0.3, 0.4) is 0 Å². The van der Waals surface area contributed by atoms with Gasteiger partial charge >= 0.3 is 0 Å².